The van der Waals surface area contributed by atoms with Crippen molar-refractivity contribution in [3.8, 4) is 0 Å². The fraction of sp³-hybridized carbons (Fsp3) is 0.846. The fourth-order valence-corrected chi connectivity index (χ4v) is 4.11. The summed E-state index contributed by atoms with van der Waals surface area (Å²) in [6, 6.07) is -0.848. The molecule has 0 aromatic rings. The second kappa shape index (κ2) is 17.0. The average molecular weight is 453 g/mol. The first-order valence-corrected chi connectivity index (χ1v) is 12.6. The van der Waals surface area contributed by atoms with Crippen LogP contribution >= 0.6 is 0 Å². The molecular weight excluding hydrogens is 404 g/mol. The molecule has 0 saturated heterocycles. The van der Waals surface area contributed by atoms with Crippen LogP contribution in [0.4, 0.5) is 0 Å². The molecule has 2 N–H and O–H groups in total. The summed E-state index contributed by atoms with van der Waals surface area (Å²) >= 11 is 0. The number of nitrogens with one attached hydrogen (secondary N) is 2. The number of carbonyl (C=O) groups is 4. The second-order valence-electron chi connectivity index (χ2n) is 9.57. The summed E-state index contributed by atoms with van der Waals surface area (Å²) in [7, 11) is 1.76. The lowest BCUT2D eigenvalue weighted by molar-refractivity contribution is -0.134. The van der Waals surface area contributed by atoms with Crippen molar-refractivity contribution in [2.75, 3.05) is 7.05 Å². The zero-order valence-electron chi connectivity index (χ0n) is 21.6. The predicted octanol–water partition coefficient (Wildman–Crippen LogP) is 4.64. The van der Waals surface area contributed by atoms with Gasteiger partial charge in [-0.15, -0.1) is 0 Å². The van der Waals surface area contributed by atoms with Crippen molar-refractivity contribution in [3.63, 3.8) is 0 Å². The third-order valence-electron chi connectivity index (χ3n) is 6.20. The number of likely N-dealkylation sites (N-methyl/N-ethyl adjacent to an activating group) is 1. The van der Waals surface area contributed by atoms with Gasteiger partial charge in [-0.2, -0.15) is 0 Å². The van der Waals surface area contributed by atoms with Crippen molar-refractivity contribution in [1.29, 1.82) is 0 Å². The van der Waals surface area contributed by atoms with Crippen LogP contribution in [0.25, 0.3) is 0 Å². The molecule has 0 fully saturated rings. The van der Waals surface area contributed by atoms with Crippen molar-refractivity contribution in [3.05, 3.63) is 0 Å². The van der Waals surface area contributed by atoms with E-state index in [4.69, 9.17) is 0 Å². The lowest BCUT2D eigenvalue weighted by atomic mass is 9.86. The first-order valence-electron chi connectivity index (χ1n) is 12.6. The summed E-state index contributed by atoms with van der Waals surface area (Å²) < 4.78 is 0. The highest BCUT2D eigenvalue weighted by molar-refractivity contribution is 5.94. The number of ketones is 3. The van der Waals surface area contributed by atoms with Crippen LogP contribution in [-0.2, 0) is 19.2 Å². The van der Waals surface area contributed by atoms with Crippen LogP contribution < -0.4 is 10.6 Å². The van der Waals surface area contributed by atoms with E-state index in [0.29, 0.717) is 31.6 Å². The lowest BCUT2D eigenvalue weighted by Gasteiger charge is -2.24. The molecule has 0 aliphatic rings. The molecule has 0 rings (SSSR count). The molecule has 186 valence electrons. The monoisotopic (exact) mass is 452 g/mol. The second-order valence-corrected chi connectivity index (χ2v) is 9.57. The summed E-state index contributed by atoms with van der Waals surface area (Å²) in [5, 5.41) is 5.99. The van der Waals surface area contributed by atoms with Gasteiger partial charge in [0.25, 0.3) is 0 Å². The van der Waals surface area contributed by atoms with Crippen molar-refractivity contribution in [2.45, 2.75) is 118 Å². The molecule has 0 spiro atoms. The number of Topliss-reactive ketones (excluding diaryl/α,β-unsaturated/α-hetero) is 3. The standard InChI is InChI=1S/C26H48N2O4/c1-8-11-13-20(16-24(30)22(10-3)27-7)26(32)28-23(14-12-9-2)25(31)17-21(19(6)29)15-18(4)5/h18,20-23,27H,8-17H2,1-7H3,(H,28,32)/t20-,21-,22+,23+/m1/s1. The molecule has 6 heteroatoms. The maximum atomic E-state index is 13.2. The Kier molecular flexibility index (Phi) is 16.2. The van der Waals surface area contributed by atoms with Crippen LogP contribution in [-0.4, -0.2) is 42.4 Å². The van der Waals surface area contributed by atoms with Gasteiger partial charge in [0, 0.05) is 24.7 Å². The van der Waals surface area contributed by atoms with Gasteiger partial charge in [-0.05, 0) is 45.6 Å². The highest BCUT2D eigenvalue weighted by Gasteiger charge is 2.30. The van der Waals surface area contributed by atoms with Crippen LogP contribution in [0.3, 0.4) is 0 Å². The van der Waals surface area contributed by atoms with Gasteiger partial charge in [-0.1, -0.05) is 60.3 Å². The number of amides is 1. The Labute approximate surface area is 196 Å². The molecule has 0 bridgehead atoms. The Balaban J connectivity index is 5.41. The van der Waals surface area contributed by atoms with Crippen LogP contribution in [0.1, 0.15) is 106 Å². The summed E-state index contributed by atoms with van der Waals surface area (Å²) in [4.78, 5) is 51.0. The summed E-state index contributed by atoms with van der Waals surface area (Å²) in [5.41, 5.74) is 0. The average Bonchev–Trinajstić information content (AvgIpc) is 2.73. The van der Waals surface area contributed by atoms with Crippen LogP contribution in [0.15, 0.2) is 0 Å². The fourth-order valence-electron chi connectivity index (χ4n) is 4.11. The molecule has 0 aliphatic carbocycles. The number of carbonyl (C=O) groups excluding carboxylic acids is 4. The molecule has 0 aromatic carbocycles. The summed E-state index contributed by atoms with van der Waals surface area (Å²) in [5.74, 6) is -0.634. The van der Waals surface area contributed by atoms with E-state index in [1.165, 1.54) is 6.92 Å². The van der Waals surface area contributed by atoms with Gasteiger partial charge in [0.1, 0.15) is 5.78 Å². The molecule has 32 heavy (non-hydrogen) atoms. The molecule has 0 unspecified atom stereocenters. The van der Waals surface area contributed by atoms with Crippen molar-refractivity contribution < 1.29 is 19.2 Å². The van der Waals surface area contributed by atoms with Gasteiger partial charge in [0.15, 0.2) is 11.6 Å². The third kappa shape index (κ3) is 11.9. The van der Waals surface area contributed by atoms with Gasteiger partial charge in [0.2, 0.25) is 5.91 Å². The maximum absolute atomic E-state index is 13.2. The summed E-state index contributed by atoms with van der Waals surface area (Å²) in [6.07, 6.45) is 6.43. The Bertz CT molecular complexity index is 584. The quantitative estimate of drug-likeness (QED) is 0.298. The van der Waals surface area contributed by atoms with E-state index < -0.39 is 12.0 Å². The number of hydrogen-bond donors (Lipinski definition) is 2. The minimum absolute atomic E-state index is 0.0247. The Morgan fingerprint density at radius 3 is 1.78 bits per heavy atom. The van der Waals surface area contributed by atoms with Gasteiger partial charge in [-0.25, -0.2) is 0 Å². The molecule has 0 aliphatic heterocycles. The van der Waals surface area contributed by atoms with Crippen molar-refractivity contribution in [1.82, 2.24) is 10.6 Å². The zero-order valence-corrected chi connectivity index (χ0v) is 21.6. The molecule has 0 radical (unpaired) electrons. The first kappa shape index (κ1) is 30.4. The molecule has 1 amide bonds. The SMILES string of the molecule is CCCC[C@H](CC(=O)[C@H](CC)NC)C(=O)N[C@@H](CCCC)C(=O)C[C@@H](CC(C)C)C(C)=O. The molecule has 0 saturated carbocycles. The third-order valence-corrected chi connectivity index (χ3v) is 6.20. The zero-order chi connectivity index (χ0) is 24.7. The first-order chi connectivity index (χ1) is 15.1. The minimum Gasteiger partial charge on any atom is -0.346 e. The van der Waals surface area contributed by atoms with Gasteiger partial charge >= 0.3 is 0 Å². The molecular formula is C26H48N2O4. The van der Waals surface area contributed by atoms with Crippen LogP contribution in [0, 0.1) is 17.8 Å². The molecule has 0 aromatic heterocycles. The van der Waals surface area contributed by atoms with E-state index in [2.05, 4.69) is 17.6 Å². The van der Waals surface area contributed by atoms with Gasteiger partial charge in [0.05, 0.1) is 12.1 Å². The van der Waals surface area contributed by atoms with Crippen LogP contribution in [0.2, 0.25) is 0 Å². The van der Waals surface area contributed by atoms with E-state index in [1.807, 2.05) is 27.7 Å². The summed E-state index contributed by atoms with van der Waals surface area (Å²) in [6.45, 7) is 11.7. The maximum Gasteiger partial charge on any atom is 0.224 e. The van der Waals surface area contributed by atoms with Crippen molar-refractivity contribution in [2.24, 2.45) is 17.8 Å². The molecule has 0 heterocycles. The number of unbranched alkanes of at least 4 members (excludes halogenated alkanes) is 2. The lowest BCUT2D eigenvalue weighted by Crippen LogP contribution is -2.45. The largest absolute Gasteiger partial charge is 0.346 e. The topological polar surface area (TPSA) is 92.3 Å². The Morgan fingerprint density at radius 2 is 1.31 bits per heavy atom. The Hall–Kier alpha value is -1.56. The smallest absolute Gasteiger partial charge is 0.224 e. The highest BCUT2D eigenvalue weighted by atomic mass is 16.2. The van der Waals surface area contributed by atoms with Crippen LogP contribution in [0.5, 0.6) is 0 Å². The minimum atomic E-state index is -0.595. The van der Waals surface area contributed by atoms with Crippen molar-refractivity contribution >= 4 is 23.3 Å². The predicted molar refractivity (Wildman–Crippen MR) is 130 cm³/mol. The molecule has 4 atom stereocenters. The highest BCUT2D eigenvalue weighted by Crippen LogP contribution is 2.20. The van der Waals surface area contributed by atoms with Gasteiger partial charge in [-0.3, -0.25) is 19.2 Å². The van der Waals surface area contributed by atoms with E-state index >= 15 is 0 Å². The van der Waals surface area contributed by atoms with E-state index in [1.54, 1.807) is 7.05 Å². The van der Waals surface area contributed by atoms with E-state index in [0.717, 1.165) is 25.7 Å². The number of rotatable bonds is 19. The van der Waals surface area contributed by atoms with Gasteiger partial charge < -0.3 is 10.6 Å². The molecule has 6 nitrogen and oxygen atoms in total. The number of hydrogen-bond acceptors (Lipinski definition) is 5. The Morgan fingerprint density at radius 1 is 0.781 bits per heavy atom. The normalized spacial score (nSPS) is 15.1. The van der Waals surface area contributed by atoms with E-state index in [-0.39, 0.29) is 48.1 Å². The van der Waals surface area contributed by atoms with E-state index in [9.17, 15) is 19.2 Å².